The highest BCUT2D eigenvalue weighted by Crippen LogP contribution is 2.13. The van der Waals surface area contributed by atoms with Gasteiger partial charge >= 0.3 is 6.03 Å². The number of urea groups is 1. The van der Waals surface area contributed by atoms with Gasteiger partial charge in [0, 0.05) is 37.3 Å². The number of carbonyl (C=O) groups excluding carboxylic acids is 3. The molecule has 0 aliphatic rings. The molecule has 2 aromatic carbocycles. The molecule has 0 spiro atoms. The third-order valence-corrected chi connectivity index (χ3v) is 4.16. The Kier molecular flexibility index (Phi) is 8.69. The Morgan fingerprint density at radius 3 is 2.38 bits per heavy atom. The summed E-state index contributed by atoms with van der Waals surface area (Å²) in [7, 11) is 0. The van der Waals surface area contributed by atoms with E-state index in [0.717, 1.165) is 17.5 Å². The molecule has 0 saturated carbocycles. The Morgan fingerprint density at radius 2 is 1.66 bits per heavy atom. The van der Waals surface area contributed by atoms with Crippen LogP contribution in [0.5, 0.6) is 0 Å². The highest BCUT2D eigenvalue weighted by Gasteiger charge is 2.07. The van der Waals surface area contributed by atoms with Gasteiger partial charge in [-0.1, -0.05) is 36.8 Å². The number of rotatable bonds is 9. The minimum Gasteiger partial charge on any atom is -0.356 e. The number of benzene rings is 2. The van der Waals surface area contributed by atoms with Crippen molar-refractivity contribution in [2.24, 2.45) is 0 Å². The third-order valence-electron chi connectivity index (χ3n) is 4.16. The molecule has 0 saturated heterocycles. The van der Waals surface area contributed by atoms with Crippen LogP contribution < -0.4 is 21.3 Å². The van der Waals surface area contributed by atoms with Gasteiger partial charge in [0.25, 0.3) is 5.91 Å². The maximum absolute atomic E-state index is 12.3. The Morgan fingerprint density at radius 1 is 0.897 bits per heavy atom. The zero-order valence-corrected chi connectivity index (χ0v) is 16.9. The van der Waals surface area contributed by atoms with E-state index in [1.54, 1.807) is 18.2 Å². The third kappa shape index (κ3) is 8.04. The number of hydrogen-bond donors (Lipinski definition) is 4. The first kappa shape index (κ1) is 21.9. The molecule has 0 radical (unpaired) electrons. The summed E-state index contributed by atoms with van der Waals surface area (Å²) in [6, 6.07) is 14.3. The molecule has 0 aromatic heterocycles. The van der Waals surface area contributed by atoms with Crippen LogP contribution >= 0.6 is 0 Å². The number of aryl methyl sites for hydroxylation is 1. The van der Waals surface area contributed by atoms with E-state index < -0.39 is 0 Å². The molecule has 4 amide bonds. The van der Waals surface area contributed by atoms with E-state index in [-0.39, 0.29) is 30.8 Å². The summed E-state index contributed by atoms with van der Waals surface area (Å²) >= 11 is 0. The zero-order chi connectivity index (χ0) is 21.1. The molecule has 0 aliphatic heterocycles. The summed E-state index contributed by atoms with van der Waals surface area (Å²) in [5.74, 6) is -0.265. The van der Waals surface area contributed by atoms with Gasteiger partial charge in [0.1, 0.15) is 0 Å². The molecule has 154 valence electrons. The molecular weight excluding hydrogens is 368 g/mol. The predicted octanol–water partition coefficient (Wildman–Crippen LogP) is 2.96. The quantitative estimate of drug-likeness (QED) is 0.524. The lowest BCUT2D eigenvalue weighted by atomic mass is 10.1. The second-order valence-electron chi connectivity index (χ2n) is 6.73. The zero-order valence-electron chi connectivity index (χ0n) is 16.9. The van der Waals surface area contributed by atoms with Crippen LogP contribution in [0.3, 0.4) is 0 Å². The van der Waals surface area contributed by atoms with Crippen LogP contribution in [0, 0.1) is 6.92 Å². The van der Waals surface area contributed by atoms with Gasteiger partial charge in [-0.05, 0) is 43.2 Å². The van der Waals surface area contributed by atoms with Crippen molar-refractivity contribution in [1.29, 1.82) is 0 Å². The fourth-order valence-electron chi connectivity index (χ4n) is 2.55. The van der Waals surface area contributed by atoms with Gasteiger partial charge in [-0.15, -0.1) is 0 Å². The first-order chi connectivity index (χ1) is 14.0. The molecule has 29 heavy (non-hydrogen) atoms. The number of nitrogens with one attached hydrogen (secondary N) is 4. The van der Waals surface area contributed by atoms with Crippen molar-refractivity contribution >= 4 is 23.5 Å². The van der Waals surface area contributed by atoms with Crippen LogP contribution in [0.15, 0.2) is 48.5 Å². The summed E-state index contributed by atoms with van der Waals surface area (Å²) < 4.78 is 0. The van der Waals surface area contributed by atoms with Crippen molar-refractivity contribution in [3.05, 3.63) is 65.2 Å². The van der Waals surface area contributed by atoms with E-state index in [9.17, 15) is 14.4 Å². The van der Waals surface area contributed by atoms with Gasteiger partial charge in [-0.2, -0.15) is 0 Å². The second-order valence-corrected chi connectivity index (χ2v) is 6.73. The lowest BCUT2D eigenvalue weighted by molar-refractivity contribution is -0.120. The molecule has 2 aromatic rings. The summed E-state index contributed by atoms with van der Waals surface area (Å²) in [5, 5.41) is 11.0. The maximum Gasteiger partial charge on any atom is 0.315 e. The number of amides is 4. The lowest BCUT2D eigenvalue weighted by Crippen LogP contribution is -2.37. The molecule has 2 rings (SSSR count). The van der Waals surface area contributed by atoms with Gasteiger partial charge in [-0.3, -0.25) is 9.59 Å². The number of anilines is 1. The summed E-state index contributed by atoms with van der Waals surface area (Å²) in [6.45, 7) is 5.17. The van der Waals surface area contributed by atoms with Crippen LogP contribution in [0.2, 0.25) is 0 Å². The first-order valence-electron chi connectivity index (χ1n) is 9.73. The first-order valence-corrected chi connectivity index (χ1v) is 9.73. The van der Waals surface area contributed by atoms with Crippen LogP contribution in [-0.4, -0.2) is 30.9 Å². The molecule has 0 fully saturated rings. The molecule has 7 nitrogen and oxygen atoms in total. The van der Waals surface area contributed by atoms with E-state index in [2.05, 4.69) is 21.3 Å². The maximum atomic E-state index is 12.3. The van der Waals surface area contributed by atoms with Crippen molar-refractivity contribution in [2.45, 2.75) is 33.2 Å². The molecule has 0 aliphatic carbocycles. The lowest BCUT2D eigenvalue weighted by Gasteiger charge is -2.10. The van der Waals surface area contributed by atoms with Crippen LogP contribution in [0.4, 0.5) is 10.5 Å². The van der Waals surface area contributed by atoms with Gasteiger partial charge in [0.05, 0.1) is 0 Å². The number of hydrogen-bond acceptors (Lipinski definition) is 3. The van der Waals surface area contributed by atoms with E-state index in [0.29, 0.717) is 24.3 Å². The smallest absolute Gasteiger partial charge is 0.315 e. The average molecular weight is 396 g/mol. The monoisotopic (exact) mass is 396 g/mol. The fraction of sp³-hybridized carbons (Fsp3) is 0.318. The minimum absolute atomic E-state index is 0.0795. The molecule has 0 unspecified atom stereocenters. The molecule has 0 atom stereocenters. The van der Waals surface area contributed by atoms with E-state index in [4.69, 9.17) is 0 Å². The van der Waals surface area contributed by atoms with Crippen molar-refractivity contribution in [3.63, 3.8) is 0 Å². The Balaban J connectivity index is 1.77. The van der Waals surface area contributed by atoms with Crippen LogP contribution in [-0.2, 0) is 11.3 Å². The minimum atomic E-state index is -0.345. The highest BCUT2D eigenvalue weighted by atomic mass is 16.2. The van der Waals surface area contributed by atoms with Gasteiger partial charge in [-0.25, -0.2) is 4.79 Å². The van der Waals surface area contributed by atoms with Crippen molar-refractivity contribution in [3.8, 4) is 0 Å². The topological polar surface area (TPSA) is 99.3 Å². The van der Waals surface area contributed by atoms with Gasteiger partial charge in [0.2, 0.25) is 5.91 Å². The van der Waals surface area contributed by atoms with E-state index in [1.807, 2.05) is 44.2 Å². The predicted molar refractivity (Wildman–Crippen MR) is 114 cm³/mol. The van der Waals surface area contributed by atoms with Crippen molar-refractivity contribution < 1.29 is 14.4 Å². The van der Waals surface area contributed by atoms with E-state index in [1.165, 1.54) is 0 Å². The van der Waals surface area contributed by atoms with Crippen molar-refractivity contribution in [2.75, 3.05) is 18.4 Å². The normalized spacial score (nSPS) is 10.1. The SMILES string of the molecule is CCCNC(=O)CCNC(=O)NCc1cccc(NC(=O)c2ccc(C)cc2)c1. The Bertz CT molecular complexity index is 834. The van der Waals surface area contributed by atoms with Crippen LogP contribution in [0.1, 0.15) is 41.3 Å². The van der Waals surface area contributed by atoms with Crippen molar-refractivity contribution in [1.82, 2.24) is 16.0 Å². The molecule has 4 N–H and O–H groups in total. The van der Waals surface area contributed by atoms with E-state index >= 15 is 0 Å². The Labute approximate surface area is 171 Å². The standard InChI is InChI=1S/C22H28N4O3/c1-3-12-23-20(27)11-13-24-22(29)25-15-17-5-4-6-19(14-17)26-21(28)18-9-7-16(2)8-10-18/h4-10,14H,3,11-13,15H2,1-2H3,(H,23,27)(H,26,28)(H2,24,25,29). The highest BCUT2D eigenvalue weighted by molar-refractivity contribution is 6.04. The summed E-state index contributed by atoms with van der Waals surface area (Å²) in [6.07, 6.45) is 1.12. The summed E-state index contributed by atoms with van der Waals surface area (Å²) in [4.78, 5) is 35.7. The van der Waals surface area contributed by atoms with Gasteiger partial charge < -0.3 is 21.3 Å². The fourth-order valence-corrected chi connectivity index (χ4v) is 2.55. The van der Waals surface area contributed by atoms with Crippen LogP contribution in [0.25, 0.3) is 0 Å². The average Bonchev–Trinajstić information content (AvgIpc) is 2.71. The number of carbonyl (C=O) groups is 3. The second kappa shape index (κ2) is 11.5. The molecular formula is C22H28N4O3. The largest absolute Gasteiger partial charge is 0.356 e. The Hall–Kier alpha value is -3.35. The molecule has 0 heterocycles. The van der Waals surface area contributed by atoms with Gasteiger partial charge in [0.15, 0.2) is 0 Å². The summed E-state index contributed by atoms with van der Waals surface area (Å²) in [5.41, 5.74) is 3.18. The molecule has 0 bridgehead atoms. The molecule has 7 heteroatoms.